The number of benzene rings is 2. The molecule has 0 saturated heterocycles. The number of ether oxygens (including phenoxy) is 2. The quantitative estimate of drug-likeness (QED) is 0.521. The Kier molecular flexibility index (Phi) is 7.49. The molecule has 0 atom stereocenters. The number of nitrogens with zero attached hydrogens (tertiary/aromatic N) is 2. The monoisotopic (exact) mass is 440 g/mol. The van der Waals surface area contributed by atoms with Gasteiger partial charge in [-0.05, 0) is 74.8 Å². The summed E-state index contributed by atoms with van der Waals surface area (Å²) in [5, 5.41) is 4.73. The first-order valence-electron chi connectivity index (χ1n) is 9.94. The number of anilines is 1. The van der Waals surface area contributed by atoms with Crippen LogP contribution in [0.3, 0.4) is 0 Å². The first-order chi connectivity index (χ1) is 14.9. The molecule has 0 radical (unpaired) electrons. The topological polar surface area (TPSA) is 69.8 Å². The minimum Gasteiger partial charge on any atom is -0.497 e. The molecular weight excluding hydrogens is 412 g/mol. The largest absolute Gasteiger partial charge is 0.497 e. The number of likely N-dealkylation sites (N-methyl/N-ethyl adjacent to an activating group) is 1. The maximum Gasteiger partial charge on any atom is 0.253 e. The van der Waals surface area contributed by atoms with Crippen LogP contribution in [-0.2, 0) is 6.54 Å². The molecule has 8 heteroatoms. The highest BCUT2D eigenvalue weighted by Gasteiger charge is 2.14. The van der Waals surface area contributed by atoms with E-state index in [2.05, 4.69) is 15.2 Å². The van der Waals surface area contributed by atoms with Gasteiger partial charge in [-0.3, -0.25) is 4.79 Å². The first kappa shape index (κ1) is 22.6. The minimum atomic E-state index is -0.125. The van der Waals surface area contributed by atoms with Gasteiger partial charge in [0.15, 0.2) is 5.11 Å². The van der Waals surface area contributed by atoms with Gasteiger partial charge in [-0.25, -0.2) is 0 Å². The molecule has 0 spiro atoms. The number of nitrogens with one attached hydrogen (secondary N) is 2. The molecule has 0 saturated carbocycles. The van der Waals surface area contributed by atoms with Gasteiger partial charge in [-0.1, -0.05) is 0 Å². The van der Waals surface area contributed by atoms with Gasteiger partial charge >= 0.3 is 0 Å². The molecule has 2 N–H and O–H groups in total. The lowest BCUT2D eigenvalue weighted by Crippen LogP contribution is -2.40. The maximum absolute atomic E-state index is 12.7. The molecule has 7 nitrogen and oxygen atoms in total. The number of aromatic nitrogens is 1. The Balaban J connectivity index is 1.84. The zero-order valence-electron chi connectivity index (χ0n) is 18.3. The van der Waals surface area contributed by atoms with E-state index in [4.69, 9.17) is 21.7 Å². The molecule has 0 aliphatic rings. The van der Waals surface area contributed by atoms with Gasteiger partial charge in [0.05, 0.1) is 20.8 Å². The molecular formula is C23H28N4O3S. The molecule has 0 aliphatic heterocycles. The minimum absolute atomic E-state index is 0.125. The maximum atomic E-state index is 12.7. The predicted molar refractivity (Wildman–Crippen MR) is 129 cm³/mol. The summed E-state index contributed by atoms with van der Waals surface area (Å²) in [6.07, 6.45) is 0. The summed E-state index contributed by atoms with van der Waals surface area (Å²) in [4.78, 5) is 19.7. The van der Waals surface area contributed by atoms with Crippen LogP contribution in [0.1, 0.15) is 5.56 Å². The van der Waals surface area contributed by atoms with E-state index in [0.29, 0.717) is 23.8 Å². The van der Waals surface area contributed by atoms with E-state index in [1.165, 1.54) is 0 Å². The lowest BCUT2D eigenvalue weighted by molar-refractivity contribution is 0.327. The molecule has 31 heavy (non-hydrogen) atoms. The highest BCUT2D eigenvalue weighted by Crippen LogP contribution is 2.20. The number of rotatable bonds is 8. The number of fused-ring (bicyclic) bond motifs is 1. The highest BCUT2D eigenvalue weighted by molar-refractivity contribution is 7.80. The van der Waals surface area contributed by atoms with Crippen molar-refractivity contribution < 1.29 is 9.47 Å². The van der Waals surface area contributed by atoms with Crippen molar-refractivity contribution in [2.75, 3.05) is 46.7 Å². The van der Waals surface area contributed by atoms with Crippen LogP contribution in [0.25, 0.3) is 10.9 Å². The fourth-order valence-electron chi connectivity index (χ4n) is 3.13. The van der Waals surface area contributed by atoms with Gasteiger partial charge in [0.2, 0.25) is 0 Å². The molecule has 3 rings (SSSR count). The Morgan fingerprint density at radius 3 is 2.32 bits per heavy atom. The second kappa shape index (κ2) is 10.3. The van der Waals surface area contributed by atoms with Crippen LogP contribution in [-0.4, -0.2) is 61.3 Å². The van der Waals surface area contributed by atoms with E-state index in [9.17, 15) is 4.79 Å². The Morgan fingerprint density at radius 2 is 1.68 bits per heavy atom. The summed E-state index contributed by atoms with van der Waals surface area (Å²) in [6.45, 7) is 1.85. The summed E-state index contributed by atoms with van der Waals surface area (Å²) in [6, 6.07) is 15.0. The van der Waals surface area contributed by atoms with Crippen LogP contribution in [0.5, 0.6) is 11.5 Å². The van der Waals surface area contributed by atoms with Crippen molar-refractivity contribution in [3.05, 3.63) is 64.4 Å². The Labute approximate surface area is 187 Å². The van der Waals surface area contributed by atoms with Crippen LogP contribution in [0.2, 0.25) is 0 Å². The van der Waals surface area contributed by atoms with Gasteiger partial charge in [-0.2, -0.15) is 0 Å². The third kappa shape index (κ3) is 5.96. The molecule has 2 aromatic carbocycles. The molecule has 0 unspecified atom stereocenters. The summed E-state index contributed by atoms with van der Waals surface area (Å²) >= 11 is 5.68. The highest BCUT2D eigenvalue weighted by atomic mass is 32.1. The number of pyridine rings is 1. The lowest BCUT2D eigenvalue weighted by Gasteiger charge is -2.27. The van der Waals surface area contributed by atoms with Crippen molar-refractivity contribution in [1.29, 1.82) is 0 Å². The number of thiocarbonyl (C=S) groups is 1. The van der Waals surface area contributed by atoms with Gasteiger partial charge < -0.3 is 29.6 Å². The zero-order valence-corrected chi connectivity index (χ0v) is 19.1. The summed E-state index contributed by atoms with van der Waals surface area (Å²) in [5.41, 5.74) is 2.14. The van der Waals surface area contributed by atoms with Crippen LogP contribution in [0.4, 0.5) is 5.69 Å². The summed E-state index contributed by atoms with van der Waals surface area (Å²) < 4.78 is 10.5. The van der Waals surface area contributed by atoms with Crippen molar-refractivity contribution in [2.45, 2.75) is 6.54 Å². The normalized spacial score (nSPS) is 10.9. The Bertz CT molecular complexity index is 1100. The molecule has 0 fully saturated rings. The average Bonchev–Trinajstić information content (AvgIpc) is 2.76. The summed E-state index contributed by atoms with van der Waals surface area (Å²) in [5.74, 6) is 1.52. The fourth-order valence-corrected chi connectivity index (χ4v) is 3.40. The Morgan fingerprint density at radius 1 is 1.00 bits per heavy atom. The Hall–Kier alpha value is -3.10. The van der Waals surface area contributed by atoms with E-state index < -0.39 is 0 Å². The van der Waals surface area contributed by atoms with Crippen LogP contribution in [0, 0.1) is 0 Å². The van der Waals surface area contributed by atoms with E-state index in [1.807, 2.05) is 67.5 Å². The number of hydrogen-bond donors (Lipinski definition) is 2. The number of methoxy groups -OCH3 is 2. The number of aromatic amines is 1. The standard InChI is InChI=1S/C23H28N4O3S/c1-26(2)11-12-27(23(31)24-18-5-7-19(29-3)8-6-18)15-17-13-16-14-20(30-4)9-10-21(16)25-22(17)28/h5-10,13-14H,11-12,15H2,1-4H3,(H,24,31)(H,25,28). The molecule has 1 heterocycles. The van der Waals surface area contributed by atoms with E-state index >= 15 is 0 Å². The zero-order chi connectivity index (χ0) is 22.4. The summed E-state index contributed by atoms with van der Waals surface area (Å²) in [7, 11) is 7.27. The fraction of sp³-hybridized carbons (Fsp3) is 0.304. The molecule has 0 aliphatic carbocycles. The van der Waals surface area contributed by atoms with Crippen LogP contribution < -0.4 is 20.3 Å². The van der Waals surface area contributed by atoms with Gasteiger partial charge in [0.1, 0.15) is 11.5 Å². The van der Waals surface area contributed by atoms with Crippen LogP contribution in [0.15, 0.2) is 53.3 Å². The third-order valence-electron chi connectivity index (χ3n) is 4.94. The van der Waals surface area contributed by atoms with Crippen molar-refractivity contribution >= 4 is 33.9 Å². The molecule has 1 aromatic heterocycles. The SMILES string of the molecule is COc1ccc(NC(=S)N(CCN(C)C)Cc2cc3cc(OC)ccc3[nH]c2=O)cc1. The number of hydrogen-bond acceptors (Lipinski definition) is 5. The van der Waals surface area contributed by atoms with Crippen molar-refractivity contribution in [3.8, 4) is 11.5 Å². The second-order valence-electron chi connectivity index (χ2n) is 7.46. The van der Waals surface area contributed by atoms with E-state index in [-0.39, 0.29) is 5.56 Å². The molecule has 0 bridgehead atoms. The molecule has 3 aromatic rings. The van der Waals surface area contributed by atoms with Crippen LogP contribution >= 0.6 is 12.2 Å². The third-order valence-corrected chi connectivity index (χ3v) is 5.30. The number of H-pyrrole nitrogens is 1. The van der Waals surface area contributed by atoms with E-state index in [0.717, 1.165) is 34.6 Å². The van der Waals surface area contributed by atoms with Gasteiger partial charge in [-0.15, -0.1) is 0 Å². The average molecular weight is 441 g/mol. The van der Waals surface area contributed by atoms with Gasteiger partial charge in [0.25, 0.3) is 5.56 Å². The van der Waals surface area contributed by atoms with E-state index in [1.54, 1.807) is 14.2 Å². The first-order valence-corrected chi connectivity index (χ1v) is 10.3. The van der Waals surface area contributed by atoms with Crippen molar-refractivity contribution in [3.63, 3.8) is 0 Å². The van der Waals surface area contributed by atoms with Crippen molar-refractivity contribution in [1.82, 2.24) is 14.8 Å². The van der Waals surface area contributed by atoms with Crippen molar-refractivity contribution in [2.24, 2.45) is 0 Å². The smallest absolute Gasteiger partial charge is 0.253 e. The predicted octanol–water partition coefficient (Wildman–Crippen LogP) is 3.31. The lowest BCUT2D eigenvalue weighted by atomic mass is 10.1. The van der Waals surface area contributed by atoms with Gasteiger partial charge in [0, 0.05) is 35.2 Å². The second-order valence-corrected chi connectivity index (χ2v) is 7.85. The molecule has 0 amide bonds. The molecule has 164 valence electrons.